The van der Waals surface area contributed by atoms with Crippen molar-refractivity contribution in [1.29, 1.82) is 0 Å². The largest absolute Gasteiger partial charge is 0.829 e. The van der Waals surface area contributed by atoms with Crippen molar-refractivity contribution < 1.29 is 176 Å². The highest BCUT2D eigenvalue weighted by atomic mass is 16.7. The summed E-state index contributed by atoms with van der Waals surface area (Å²) >= 11 is 0. The highest BCUT2D eigenvalue weighted by Gasteiger charge is 2.42. The van der Waals surface area contributed by atoms with Crippen LogP contribution in [0.5, 0.6) is 0 Å². The summed E-state index contributed by atoms with van der Waals surface area (Å²) in [5, 5.41) is 265. The van der Waals surface area contributed by atoms with Crippen LogP contribution in [0.4, 0.5) is 0 Å². The number of rotatable bonds is 7. The topological polar surface area (TPSA) is 651 Å². The van der Waals surface area contributed by atoms with Gasteiger partial charge in [0.15, 0.2) is 0 Å². The molecule has 35 atom stereocenters. The van der Waals surface area contributed by atoms with E-state index in [0.717, 1.165) is 0 Å². The fourth-order valence-corrected chi connectivity index (χ4v) is 8.95. The van der Waals surface area contributed by atoms with Crippen LogP contribution in [0.15, 0.2) is 0 Å². The van der Waals surface area contributed by atoms with Crippen LogP contribution in [0, 0.1) is 41.4 Å². The minimum Gasteiger partial charge on any atom is -0.829 e. The molecule has 35 heteroatoms. The molecule has 7 aliphatic rings. The first-order chi connectivity index (χ1) is 39.0. The summed E-state index contributed by atoms with van der Waals surface area (Å²) in [5.74, 6) is -2.95. The fraction of sp³-hybridized carbons (Fsp3) is 1.00. The Morgan fingerprint density at radius 2 is 0.274 bits per heavy atom. The Hall–Kier alpha value is -1.40. The van der Waals surface area contributed by atoms with E-state index in [1.807, 2.05) is 0 Å². The monoisotopic (exact) mass is 1240 g/mol. The summed E-state index contributed by atoms with van der Waals surface area (Å²) in [6.07, 6.45) is -33.9. The van der Waals surface area contributed by atoms with E-state index < -0.39 is 214 Å². The smallest absolute Gasteiger partial charge is 0.0913 e. The minimum atomic E-state index is -1.66. The fourth-order valence-electron chi connectivity index (χ4n) is 8.95. The highest BCUT2D eigenvalue weighted by molar-refractivity contribution is 4.90. The molecule has 0 aliphatic carbocycles. The number of ether oxygens (including phenoxy) is 7. The van der Waals surface area contributed by atoms with Gasteiger partial charge < -0.3 is 176 Å². The minimum absolute atomic E-state index is 0.316. The van der Waals surface area contributed by atoms with Crippen molar-refractivity contribution in [2.24, 2.45) is 41.4 Å². The zero-order valence-electron chi connectivity index (χ0n) is 47.3. The second-order valence-corrected chi connectivity index (χ2v) is 21.5. The summed E-state index contributed by atoms with van der Waals surface area (Å²) in [6.45, 7) is 9.07. The Labute approximate surface area is 483 Å². The van der Waals surface area contributed by atoms with Gasteiger partial charge in [0.25, 0.3) is 0 Å². The van der Waals surface area contributed by atoms with Crippen LogP contribution in [0.3, 0.4) is 0 Å². The molecule has 7 saturated heterocycles. The molecule has 35 unspecified atom stereocenters. The van der Waals surface area contributed by atoms with Crippen LogP contribution in [-0.2, 0) is 33.2 Å². The van der Waals surface area contributed by atoms with E-state index in [2.05, 4.69) is 0 Å². The van der Waals surface area contributed by atoms with Crippen LogP contribution < -0.4 is 35.7 Å². The Morgan fingerprint density at radius 1 is 0.190 bits per heavy atom. The second-order valence-electron chi connectivity index (χ2n) is 21.5. The van der Waals surface area contributed by atoms with E-state index in [0.29, 0.717) is 0 Å². The molecule has 7 rings (SSSR count). The van der Waals surface area contributed by atoms with E-state index >= 15 is 0 Å². The van der Waals surface area contributed by atoms with Crippen molar-refractivity contribution in [3.8, 4) is 0 Å². The molecular weight excluding hydrogens is 1150 g/mol. The molecule has 0 aromatic heterocycles. The van der Waals surface area contributed by atoms with Gasteiger partial charge in [-0.2, -0.15) is 0 Å². The van der Waals surface area contributed by atoms with Crippen molar-refractivity contribution in [1.82, 2.24) is 0 Å². The van der Waals surface area contributed by atoms with Gasteiger partial charge in [-0.25, -0.2) is 0 Å². The molecule has 7 heterocycles. The maximum atomic E-state index is 10.9. The number of aliphatic hydroxyl groups is 21. The normalized spacial score (nSPS) is 49.2. The molecule has 504 valence electrons. The third-order valence-corrected chi connectivity index (χ3v) is 15.7. The maximum absolute atomic E-state index is 10.9. The van der Waals surface area contributed by atoms with E-state index in [1.54, 1.807) is 48.5 Å². The summed E-state index contributed by atoms with van der Waals surface area (Å²) < 4.78 is 33.0. The summed E-state index contributed by atoms with van der Waals surface area (Å²) in [7, 11) is 0. The first-order valence-electron chi connectivity index (χ1n) is 27.0. The molecule has 0 radical (unpaired) electrons. The summed E-state index contributed by atoms with van der Waals surface area (Å²) in [4.78, 5) is 0. The third-order valence-electron chi connectivity index (χ3n) is 15.7. The van der Waals surface area contributed by atoms with E-state index in [9.17, 15) is 71.5 Å². The summed E-state index contributed by atoms with van der Waals surface area (Å²) in [6, 6.07) is 0. The van der Waals surface area contributed by atoms with Gasteiger partial charge in [-0.3, -0.25) is 0 Å². The standard InChI is InChI=1S/7C7H13O5/c7*1-3-4(2-8)12-7(11)6(10)5(3)9/h7*3-10H,2H2,1H3/q7*-1. The van der Waals surface area contributed by atoms with Gasteiger partial charge in [0.2, 0.25) is 0 Å². The second kappa shape index (κ2) is 38.3. The molecule has 84 heavy (non-hydrogen) atoms. The molecular formula is C49H91O35-7. The van der Waals surface area contributed by atoms with Gasteiger partial charge in [-0.1, -0.05) is 48.5 Å². The quantitative estimate of drug-likeness (QED) is 0.113. The first kappa shape index (κ1) is 80.6. The van der Waals surface area contributed by atoms with E-state index in [1.165, 1.54) is 0 Å². The third kappa shape index (κ3) is 21.9. The molecule has 0 saturated carbocycles. The zero-order valence-corrected chi connectivity index (χ0v) is 47.3. The van der Waals surface area contributed by atoms with Gasteiger partial charge >= 0.3 is 0 Å². The summed E-state index contributed by atoms with van der Waals surface area (Å²) in [5.41, 5.74) is 0. The molecule has 35 nitrogen and oxygen atoms in total. The average Bonchev–Trinajstić information content (AvgIpc) is 3.66. The number of aliphatic hydroxyl groups excluding tert-OH is 21. The van der Waals surface area contributed by atoms with Crippen LogP contribution >= 0.6 is 0 Å². The Kier molecular flexibility index (Phi) is 36.8. The van der Waals surface area contributed by atoms with Crippen molar-refractivity contribution in [2.45, 2.75) is 221 Å². The molecule has 7 aliphatic heterocycles. The lowest BCUT2D eigenvalue weighted by molar-refractivity contribution is -0.531. The van der Waals surface area contributed by atoms with Crippen molar-refractivity contribution >= 4 is 0 Å². The average molecular weight is 1240 g/mol. The van der Waals surface area contributed by atoms with Crippen molar-refractivity contribution in [2.75, 3.05) is 46.2 Å². The van der Waals surface area contributed by atoms with Gasteiger partial charge in [-0.05, 0) is 0 Å². The highest BCUT2D eigenvalue weighted by Crippen LogP contribution is 2.28. The predicted octanol–water partition coefficient (Wildman–Crippen LogP) is -18.0. The van der Waals surface area contributed by atoms with Crippen LogP contribution in [0.1, 0.15) is 48.5 Å². The van der Waals surface area contributed by atoms with Gasteiger partial charge in [0, 0.05) is 85.5 Å². The molecule has 0 aromatic rings. The predicted molar refractivity (Wildman–Crippen MR) is 258 cm³/mol. The number of hydrogen-bond donors (Lipinski definition) is 21. The molecule has 0 amide bonds. The SMILES string of the molecule is CC1C(CO)OC([O-])C(O)C1O.CC1C(CO)OC([O-])C(O)C1O.CC1C(CO)OC([O-])C(O)C1O.CC1C(CO)OC([O-])C(O)C1O.CC1C(CO)OC([O-])C(O)C1O.CC1C(CO)OC([O-])C(O)C1O.CC1C(CO)OC([O-])C(O)C1O. The van der Waals surface area contributed by atoms with Crippen molar-refractivity contribution in [3.63, 3.8) is 0 Å². The molecule has 0 aromatic carbocycles. The Balaban J connectivity index is 0.000000490. The van der Waals surface area contributed by atoms with Crippen LogP contribution in [0.2, 0.25) is 0 Å². The molecule has 0 bridgehead atoms. The Morgan fingerprint density at radius 3 is 0.345 bits per heavy atom. The molecule has 21 N–H and O–H groups in total. The van der Waals surface area contributed by atoms with Crippen molar-refractivity contribution in [3.05, 3.63) is 0 Å². The van der Waals surface area contributed by atoms with Crippen LogP contribution in [-0.4, -0.2) is 326 Å². The zero-order chi connectivity index (χ0) is 65.1. The maximum Gasteiger partial charge on any atom is 0.0913 e. The molecule has 7 fully saturated rings. The van der Waals surface area contributed by atoms with Crippen LogP contribution in [0.25, 0.3) is 0 Å². The lowest BCUT2D eigenvalue weighted by Gasteiger charge is -2.44. The van der Waals surface area contributed by atoms with E-state index in [-0.39, 0.29) is 46.2 Å². The van der Waals surface area contributed by atoms with E-state index in [4.69, 9.17) is 105 Å². The lowest BCUT2D eigenvalue weighted by atomic mass is 9.91. The lowest BCUT2D eigenvalue weighted by Crippen LogP contribution is -2.59. The van der Waals surface area contributed by atoms with Gasteiger partial charge in [0.1, 0.15) is 0 Å². The number of hydrogen-bond acceptors (Lipinski definition) is 35. The first-order valence-corrected chi connectivity index (χ1v) is 27.0. The Bertz CT molecular complexity index is 1360. The van der Waals surface area contributed by atoms with Gasteiger partial charge in [-0.15, -0.1) is 0 Å². The van der Waals surface area contributed by atoms with Gasteiger partial charge in [0.05, 0.1) is 174 Å². The molecule has 0 spiro atoms.